The van der Waals surface area contributed by atoms with Gasteiger partial charge in [0.2, 0.25) is 0 Å². The Kier molecular flexibility index (Phi) is 6.07. The molecule has 0 bridgehead atoms. The van der Waals surface area contributed by atoms with Crippen LogP contribution in [0.3, 0.4) is 0 Å². The van der Waals surface area contributed by atoms with Gasteiger partial charge in [0.15, 0.2) is 0 Å². The lowest BCUT2D eigenvalue weighted by Crippen LogP contribution is -2.46. The number of carbonyl (C=O) groups is 1. The molecule has 25 heavy (non-hydrogen) atoms. The molecule has 134 valence electrons. The lowest BCUT2D eigenvalue weighted by Gasteiger charge is -2.34. The monoisotopic (exact) mass is 362 g/mol. The van der Waals surface area contributed by atoms with Crippen molar-refractivity contribution in [2.75, 3.05) is 31.6 Å². The van der Waals surface area contributed by atoms with E-state index in [1.165, 1.54) is 0 Å². The minimum Gasteiger partial charge on any atom is -0.395 e. The fraction of sp³-hybridized carbons (Fsp3) is 0.444. The van der Waals surface area contributed by atoms with Gasteiger partial charge in [0.05, 0.1) is 22.8 Å². The molecule has 3 N–H and O–H groups in total. The number of hydrogen-bond acceptors (Lipinski definition) is 4. The number of benzene rings is 1. The van der Waals surface area contributed by atoms with Crippen molar-refractivity contribution in [2.24, 2.45) is 0 Å². The SMILES string of the molecule is O=C(NCCN1CCCC[C@H]1CO)Nc1ccc(Cl)c2ncccc12. The zero-order valence-corrected chi connectivity index (χ0v) is 14.8. The highest BCUT2D eigenvalue weighted by molar-refractivity contribution is 6.35. The molecule has 0 unspecified atom stereocenters. The van der Waals surface area contributed by atoms with Gasteiger partial charge in [0, 0.05) is 30.7 Å². The number of piperidine rings is 1. The topological polar surface area (TPSA) is 77.5 Å². The van der Waals surface area contributed by atoms with Crippen molar-refractivity contribution in [1.82, 2.24) is 15.2 Å². The number of aromatic nitrogens is 1. The predicted octanol–water partition coefficient (Wildman–Crippen LogP) is 2.86. The fourth-order valence-electron chi connectivity index (χ4n) is 3.29. The van der Waals surface area contributed by atoms with Gasteiger partial charge < -0.3 is 15.7 Å². The van der Waals surface area contributed by atoms with Gasteiger partial charge in [-0.3, -0.25) is 9.88 Å². The van der Waals surface area contributed by atoms with E-state index in [9.17, 15) is 9.90 Å². The summed E-state index contributed by atoms with van der Waals surface area (Å²) in [7, 11) is 0. The second-order valence-electron chi connectivity index (χ2n) is 6.24. The Balaban J connectivity index is 1.55. The number of anilines is 1. The van der Waals surface area contributed by atoms with E-state index in [2.05, 4.69) is 20.5 Å². The number of halogens is 1. The standard InChI is InChI=1S/C18H23ClN4O2/c19-15-6-7-16(14-5-3-8-20-17(14)15)22-18(25)21-9-11-23-10-2-1-4-13(23)12-24/h3,5-8,13,24H,1-2,4,9-12H2,(H2,21,22,25)/t13-/m0/s1. The Morgan fingerprint density at radius 3 is 3.08 bits per heavy atom. The Morgan fingerprint density at radius 1 is 1.36 bits per heavy atom. The minimum atomic E-state index is -0.259. The van der Waals surface area contributed by atoms with Gasteiger partial charge in [0.25, 0.3) is 0 Å². The minimum absolute atomic E-state index is 0.177. The quantitative estimate of drug-likeness (QED) is 0.764. The first-order chi connectivity index (χ1) is 12.2. The number of rotatable bonds is 5. The molecule has 1 atom stereocenters. The molecule has 1 aliphatic heterocycles. The van der Waals surface area contributed by atoms with E-state index in [0.29, 0.717) is 22.8 Å². The molecular formula is C18H23ClN4O2. The summed E-state index contributed by atoms with van der Waals surface area (Å²) in [5.74, 6) is 0. The largest absolute Gasteiger partial charge is 0.395 e. The average Bonchev–Trinajstić information content (AvgIpc) is 2.65. The number of urea groups is 1. The normalized spacial score (nSPS) is 18.2. The van der Waals surface area contributed by atoms with Crippen LogP contribution in [0, 0.1) is 0 Å². The summed E-state index contributed by atoms with van der Waals surface area (Å²) >= 11 is 6.15. The van der Waals surface area contributed by atoms with E-state index in [-0.39, 0.29) is 18.7 Å². The first-order valence-electron chi connectivity index (χ1n) is 8.62. The summed E-state index contributed by atoms with van der Waals surface area (Å²) in [4.78, 5) is 18.7. The molecule has 0 spiro atoms. The van der Waals surface area contributed by atoms with E-state index >= 15 is 0 Å². The summed E-state index contributed by atoms with van der Waals surface area (Å²) in [5.41, 5.74) is 1.34. The molecule has 2 aromatic rings. The third kappa shape index (κ3) is 4.39. The number of pyridine rings is 1. The molecule has 1 fully saturated rings. The van der Waals surface area contributed by atoms with Crippen LogP contribution < -0.4 is 10.6 Å². The third-order valence-electron chi connectivity index (χ3n) is 4.61. The second-order valence-corrected chi connectivity index (χ2v) is 6.65. The van der Waals surface area contributed by atoms with Gasteiger partial charge in [-0.15, -0.1) is 0 Å². The number of carbonyl (C=O) groups excluding carboxylic acids is 1. The van der Waals surface area contributed by atoms with Crippen molar-refractivity contribution >= 4 is 34.2 Å². The maximum absolute atomic E-state index is 12.2. The average molecular weight is 363 g/mol. The number of amides is 2. The number of fused-ring (bicyclic) bond motifs is 1. The van der Waals surface area contributed by atoms with Crippen molar-refractivity contribution in [3.05, 3.63) is 35.5 Å². The van der Waals surface area contributed by atoms with Crippen LogP contribution >= 0.6 is 11.6 Å². The number of hydrogen-bond donors (Lipinski definition) is 3. The first-order valence-corrected chi connectivity index (χ1v) is 9.00. The maximum atomic E-state index is 12.2. The van der Waals surface area contributed by atoms with Gasteiger partial charge in [0.1, 0.15) is 0 Å². The molecule has 1 aliphatic rings. The predicted molar refractivity (Wildman–Crippen MR) is 100 cm³/mol. The van der Waals surface area contributed by atoms with E-state index in [0.717, 1.165) is 37.7 Å². The van der Waals surface area contributed by atoms with Crippen LogP contribution in [0.25, 0.3) is 10.9 Å². The molecule has 7 heteroatoms. The van der Waals surface area contributed by atoms with Gasteiger partial charge in [-0.25, -0.2) is 4.79 Å². The molecule has 6 nitrogen and oxygen atoms in total. The van der Waals surface area contributed by atoms with Crippen LogP contribution in [-0.2, 0) is 0 Å². The van der Waals surface area contributed by atoms with E-state index in [1.807, 2.05) is 12.1 Å². The Morgan fingerprint density at radius 2 is 2.24 bits per heavy atom. The Bertz CT molecular complexity index is 740. The summed E-state index contributed by atoms with van der Waals surface area (Å²) in [5, 5.41) is 16.5. The van der Waals surface area contributed by atoms with Crippen LogP contribution in [-0.4, -0.2) is 53.3 Å². The van der Waals surface area contributed by atoms with Crippen LogP contribution in [0.2, 0.25) is 5.02 Å². The molecule has 0 saturated carbocycles. The molecule has 1 aromatic carbocycles. The smallest absolute Gasteiger partial charge is 0.319 e. The van der Waals surface area contributed by atoms with Crippen LogP contribution in [0.5, 0.6) is 0 Å². The second kappa shape index (κ2) is 8.47. The number of likely N-dealkylation sites (tertiary alicyclic amines) is 1. The number of aliphatic hydroxyl groups is 1. The highest BCUT2D eigenvalue weighted by Gasteiger charge is 2.21. The van der Waals surface area contributed by atoms with Crippen LogP contribution in [0.15, 0.2) is 30.5 Å². The molecular weight excluding hydrogens is 340 g/mol. The Labute approximate surface area is 152 Å². The lowest BCUT2D eigenvalue weighted by atomic mass is 10.0. The first kappa shape index (κ1) is 17.9. The zero-order chi connectivity index (χ0) is 17.6. The summed E-state index contributed by atoms with van der Waals surface area (Å²) in [6, 6.07) is 7.15. The number of nitrogens with zero attached hydrogens (tertiary/aromatic N) is 2. The van der Waals surface area contributed by atoms with Gasteiger partial charge in [-0.2, -0.15) is 0 Å². The van der Waals surface area contributed by atoms with Crippen molar-refractivity contribution < 1.29 is 9.90 Å². The molecule has 1 saturated heterocycles. The van der Waals surface area contributed by atoms with Crippen LogP contribution in [0.1, 0.15) is 19.3 Å². The lowest BCUT2D eigenvalue weighted by molar-refractivity contribution is 0.0917. The highest BCUT2D eigenvalue weighted by atomic mass is 35.5. The molecule has 1 aromatic heterocycles. The van der Waals surface area contributed by atoms with Crippen molar-refractivity contribution in [3.8, 4) is 0 Å². The summed E-state index contributed by atoms with van der Waals surface area (Å²) in [6.45, 7) is 2.42. The maximum Gasteiger partial charge on any atom is 0.319 e. The van der Waals surface area contributed by atoms with Crippen LogP contribution in [0.4, 0.5) is 10.5 Å². The number of nitrogens with one attached hydrogen (secondary N) is 2. The van der Waals surface area contributed by atoms with Gasteiger partial charge in [-0.1, -0.05) is 18.0 Å². The molecule has 0 aliphatic carbocycles. The third-order valence-corrected chi connectivity index (χ3v) is 4.92. The number of aliphatic hydroxyl groups excluding tert-OH is 1. The van der Waals surface area contributed by atoms with Gasteiger partial charge in [-0.05, 0) is 43.7 Å². The van der Waals surface area contributed by atoms with Crippen molar-refractivity contribution in [3.63, 3.8) is 0 Å². The van der Waals surface area contributed by atoms with E-state index in [1.54, 1.807) is 18.3 Å². The highest BCUT2D eigenvalue weighted by Crippen LogP contribution is 2.27. The molecule has 3 rings (SSSR count). The van der Waals surface area contributed by atoms with Gasteiger partial charge >= 0.3 is 6.03 Å². The van der Waals surface area contributed by atoms with E-state index < -0.39 is 0 Å². The Hall–Kier alpha value is -1.89. The molecule has 2 heterocycles. The molecule has 2 amide bonds. The zero-order valence-electron chi connectivity index (χ0n) is 14.0. The van der Waals surface area contributed by atoms with E-state index in [4.69, 9.17) is 11.6 Å². The fourth-order valence-corrected chi connectivity index (χ4v) is 3.50. The summed E-state index contributed by atoms with van der Waals surface area (Å²) in [6.07, 6.45) is 5.00. The molecule has 0 radical (unpaired) electrons. The van der Waals surface area contributed by atoms with Crippen molar-refractivity contribution in [2.45, 2.75) is 25.3 Å². The summed E-state index contributed by atoms with van der Waals surface area (Å²) < 4.78 is 0. The van der Waals surface area contributed by atoms with Crippen molar-refractivity contribution in [1.29, 1.82) is 0 Å².